The summed E-state index contributed by atoms with van der Waals surface area (Å²) >= 11 is 2.20. The molecule has 26 heavy (non-hydrogen) atoms. The molecule has 0 radical (unpaired) electrons. The van der Waals surface area contributed by atoms with Gasteiger partial charge in [0.1, 0.15) is 22.6 Å². The van der Waals surface area contributed by atoms with Crippen LogP contribution in [-0.4, -0.2) is 17.6 Å². The van der Waals surface area contributed by atoms with Crippen molar-refractivity contribution < 1.29 is 18.3 Å². The molecule has 4 atom stereocenters. The van der Waals surface area contributed by atoms with Crippen molar-refractivity contribution in [3.63, 3.8) is 0 Å². The molecule has 0 spiro atoms. The highest BCUT2D eigenvalue weighted by atomic mass is 127. The minimum Gasteiger partial charge on any atom is -0.369 e. The van der Waals surface area contributed by atoms with Gasteiger partial charge in [-0.05, 0) is 25.0 Å². The summed E-state index contributed by atoms with van der Waals surface area (Å²) in [6.07, 6.45) is 0.647. The molecule has 1 fully saturated rings. The first kappa shape index (κ1) is 20.1. The van der Waals surface area contributed by atoms with Gasteiger partial charge < -0.3 is 9.47 Å². The molecule has 3 rings (SSSR count). The standard InChI is InChI=1S/C20H22F2IO2P/c1-19(26,15-5-3-2-4-6-15)24-11-14-10-20(13-23,25-12-14)17-8-7-16(21)9-18(17)22/h2-9,14H,10-13,26H2,1H3/t14-,19?,20+/m1/s1. The molecule has 0 bridgehead atoms. The number of halogens is 3. The van der Waals surface area contributed by atoms with Crippen LogP contribution < -0.4 is 0 Å². The van der Waals surface area contributed by atoms with E-state index in [1.54, 1.807) is 0 Å². The van der Waals surface area contributed by atoms with Crippen molar-refractivity contribution in [2.45, 2.75) is 24.3 Å². The van der Waals surface area contributed by atoms with Crippen LogP contribution in [0.15, 0.2) is 48.5 Å². The lowest BCUT2D eigenvalue weighted by atomic mass is 9.89. The Balaban J connectivity index is 1.69. The Morgan fingerprint density at radius 2 is 2.00 bits per heavy atom. The highest BCUT2D eigenvalue weighted by molar-refractivity contribution is 14.1. The fourth-order valence-electron chi connectivity index (χ4n) is 3.32. The molecular formula is C20H22F2IO2P. The molecule has 2 aromatic carbocycles. The van der Waals surface area contributed by atoms with Crippen molar-refractivity contribution in [3.05, 3.63) is 71.3 Å². The van der Waals surface area contributed by atoms with E-state index >= 15 is 0 Å². The van der Waals surface area contributed by atoms with Crippen molar-refractivity contribution in [3.8, 4) is 0 Å². The largest absolute Gasteiger partial charge is 0.369 e. The monoisotopic (exact) mass is 490 g/mol. The zero-order valence-electron chi connectivity index (χ0n) is 14.6. The van der Waals surface area contributed by atoms with Gasteiger partial charge in [-0.3, -0.25) is 0 Å². The van der Waals surface area contributed by atoms with Crippen LogP contribution in [-0.2, 0) is 20.4 Å². The van der Waals surface area contributed by atoms with Gasteiger partial charge in [-0.1, -0.05) is 68.2 Å². The molecule has 0 amide bonds. The van der Waals surface area contributed by atoms with Crippen LogP contribution in [0.4, 0.5) is 8.78 Å². The van der Waals surface area contributed by atoms with Crippen LogP contribution in [0.2, 0.25) is 0 Å². The van der Waals surface area contributed by atoms with E-state index < -0.39 is 22.6 Å². The molecule has 2 aromatic rings. The molecule has 1 aliphatic rings. The number of hydrogen-bond donors (Lipinski definition) is 0. The maximum absolute atomic E-state index is 14.3. The topological polar surface area (TPSA) is 18.5 Å². The minimum atomic E-state index is -0.726. The van der Waals surface area contributed by atoms with E-state index in [4.69, 9.17) is 9.47 Å². The highest BCUT2D eigenvalue weighted by Gasteiger charge is 2.43. The van der Waals surface area contributed by atoms with Crippen LogP contribution >= 0.6 is 31.8 Å². The maximum Gasteiger partial charge on any atom is 0.132 e. The zero-order valence-corrected chi connectivity index (χ0v) is 17.9. The average molecular weight is 490 g/mol. The number of rotatable bonds is 6. The molecular weight excluding hydrogens is 468 g/mol. The van der Waals surface area contributed by atoms with Gasteiger partial charge in [0.15, 0.2) is 0 Å². The SMILES string of the molecule is CC(P)(OC[C@@H]1CO[C@@](CI)(c2ccc(F)cc2F)C1)c1ccccc1. The molecule has 0 aliphatic carbocycles. The van der Waals surface area contributed by atoms with E-state index in [1.165, 1.54) is 12.1 Å². The number of ether oxygens (including phenoxy) is 2. The predicted molar refractivity (Wildman–Crippen MR) is 110 cm³/mol. The lowest BCUT2D eigenvalue weighted by Gasteiger charge is -2.29. The van der Waals surface area contributed by atoms with E-state index in [0.29, 0.717) is 29.6 Å². The van der Waals surface area contributed by atoms with E-state index in [1.807, 2.05) is 37.3 Å². The lowest BCUT2D eigenvalue weighted by Crippen LogP contribution is -2.29. The number of alkyl halides is 1. The molecule has 0 N–H and O–H groups in total. The Kier molecular flexibility index (Phi) is 6.33. The first-order valence-corrected chi connectivity index (χ1v) is 10.6. The Morgan fingerprint density at radius 3 is 2.65 bits per heavy atom. The van der Waals surface area contributed by atoms with Gasteiger partial charge in [-0.25, -0.2) is 8.78 Å². The second-order valence-electron chi connectivity index (χ2n) is 6.92. The summed E-state index contributed by atoms with van der Waals surface area (Å²) in [5.74, 6) is -0.976. The van der Waals surface area contributed by atoms with Crippen LogP contribution in [0, 0.1) is 17.6 Å². The van der Waals surface area contributed by atoms with Crippen molar-refractivity contribution >= 4 is 31.8 Å². The summed E-state index contributed by atoms with van der Waals surface area (Å²) in [6, 6.07) is 13.7. The van der Waals surface area contributed by atoms with Crippen LogP contribution in [0.1, 0.15) is 24.5 Å². The molecule has 1 aliphatic heterocycles. The minimum absolute atomic E-state index is 0.151. The fourth-order valence-corrected chi connectivity index (χ4v) is 4.55. The second-order valence-corrected chi connectivity index (χ2v) is 8.78. The molecule has 1 heterocycles. The number of hydrogen-bond acceptors (Lipinski definition) is 2. The smallest absolute Gasteiger partial charge is 0.132 e. The molecule has 0 aromatic heterocycles. The Bertz CT molecular complexity index is 757. The van der Waals surface area contributed by atoms with E-state index in [2.05, 4.69) is 31.8 Å². The van der Waals surface area contributed by atoms with Gasteiger partial charge in [-0.2, -0.15) is 0 Å². The summed E-state index contributed by atoms with van der Waals surface area (Å²) in [6.45, 7) is 3.01. The van der Waals surface area contributed by atoms with Gasteiger partial charge in [0.05, 0.1) is 13.2 Å². The quantitative estimate of drug-likeness (QED) is 0.307. The third kappa shape index (κ3) is 4.27. The first-order chi connectivity index (χ1) is 12.4. The van der Waals surface area contributed by atoms with Gasteiger partial charge in [0, 0.05) is 22.0 Å². The zero-order chi connectivity index (χ0) is 18.8. The van der Waals surface area contributed by atoms with Crippen LogP contribution in [0.5, 0.6) is 0 Å². The van der Waals surface area contributed by atoms with E-state index in [0.717, 1.165) is 11.6 Å². The maximum atomic E-state index is 14.3. The van der Waals surface area contributed by atoms with Crippen LogP contribution in [0.25, 0.3) is 0 Å². The molecule has 0 saturated carbocycles. The number of benzene rings is 2. The summed E-state index contributed by atoms with van der Waals surface area (Å²) < 4.78 is 40.3. The second kappa shape index (κ2) is 8.17. The third-order valence-corrected chi connectivity index (χ3v) is 6.55. The van der Waals surface area contributed by atoms with Gasteiger partial charge in [-0.15, -0.1) is 0 Å². The fraction of sp³-hybridized carbons (Fsp3) is 0.400. The predicted octanol–water partition coefficient (Wildman–Crippen LogP) is 5.40. The summed E-state index contributed by atoms with van der Waals surface area (Å²) in [4.78, 5) is 0. The summed E-state index contributed by atoms with van der Waals surface area (Å²) in [5.41, 5.74) is 0.775. The average Bonchev–Trinajstić information content (AvgIpc) is 3.05. The Hall–Kier alpha value is -0.620. The summed E-state index contributed by atoms with van der Waals surface area (Å²) in [5, 5.41) is -0.488. The van der Waals surface area contributed by atoms with Crippen molar-refractivity contribution in [1.29, 1.82) is 0 Å². The van der Waals surface area contributed by atoms with E-state index in [9.17, 15) is 8.78 Å². The Labute approximate surface area is 169 Å². The molecule has 6 heteroatoms. The summed E-state index contributed by atoms with van der Waals surface area (Å²) in [7, 11) is 2.75. The molecule has 2 nitrogen and oxygen atoms in total. The first-order valence-electron chi connectivity index (χ1n) is 8.50. The molecule has 1 saturated heterocycles. The van der Waals surface area contributed by atoms with Crippen molar-refractivity contribution in [2.24, 2.45) is 5.92 Å². The van der Waals surface area contributed by atoms with Gasteiger partial charge in [0.2, 0.25) is 0 Å². The van der Waals surface area contributed by atoms with Crippen molar-refractivity contribution in [1.82, 2.24) is 0 Å². The van der Waals surface area contributed by atoms with Gasteiger partial charge >= 0.3 is 0 Å². The lowest BCUT2D eigenvalue weighted by molar-refractivity contribution is 0.00221. The highest BCUT2D eigenvalue weighted by Crippen LogP contribution is 2.43. The molecule has 2 unspecified atom stereocenters. The normalized spacial score (nSPS) is 25.2. The Morgan fingerprint density at radius 1 is 1.27 bits per heavy atom. The van der Waals surface area contributed by atoms with E-state index in [-0.39, 0.29) is 5.92 Å². The van der Waals surface area contributed by atoms with Gasteiger partial charge in [0.25, 0.3) is 0 Å². The third-order valence-electron chi connectivity index (χ3n) is 4.82. The van der Waals surface area contributed by atoms with Crippen molar-refractivity contribution in [2.75, 3.05) is 17.6 Å². The molecule has 140 valence electrons. The van der Waals surface area contributed by atoms with Crippen LogP contribution in [0.3, 0.4) is 0 Å².